The molecule has 0 aliphatic rings. The second-order valence-corrected chi connectivity index (χ2v) is 12.2. The summed E-state index contributed by atoms with van der Waals surface area (Å²) in [5.74, 6) is 5.26. The van der Waals surface area contributed by atoms with Crippen molar-refractivity contribution >= 4 is 21.8 Å². The monoisotopic (exact) mass is 694 g/mol. The van der Waals surface area contributed by atoms with Gasteiger partial charge in [-0.1, -0.05) is 24.3 Å². The van der Waals surface area contributed by atoms with Gasteiger partial charge in [0.1, 0.15) is 34.5 Å². The first-order valence-electron chi connectivity index (χ1n) is 16.9. The molecular weight excluding hydrogens is 665 g/mol. The molecule has 0 atom stereocenters. The van der Waals surface area contributed by atoms with Crippen molar-refractivity contribution in [2.45, 2.75) is 0 Å². The van der Waals surface area contributed by atoms with E-state index in [2.05, 4.69) is 22.1 Å². The van der Waals surface area contributed by atoms with Crippen LogP contribution in [-0.2, 0) is 7.05 Å². The van der Waals surface area contributed by atoms with E-state index in [0.29, 0.717) is 52.2 Å². The highest BCUT2D eigenvalue weighted by atomic mass is 16.5. The Morgan fingerprint density at radius 3 is 1.43 bits per heavy atom. The zero-order chi connectivity index (χ0) is 35.6. The second-order valence-electron chi connectivity index (χ2n) is 12.2. The predicted octanol–water partition coefficient (Wildman–Crippen LogP) is 10.5. The van der Waals surface area contributed by atoms with E-state index in [1.165, 1.54) is 0 Å². The summed E-state index contributed by atoms with van der Waals surface area (Å²) in [4.78, 5) is 18.2. The van der Waals surface area contributed by atoms with E-state index >= 15 is 0 Å². The van der Waals surface area contributed by atoms with Crippen LogP contribution in [0.5, 0.6) is 46.3 Å². The molecule has 0 aliphatic carbocycles. The first kappa shape index (κ1) is 31.5. The van der Waals surface area contributed by atoms with Crippen LogP contribution in [-0.4, -0.2) is 29.1 Å². The van der Waals surface area contributed by atoms with Gasteiger partial charge in [0.25, 0.3) is 0 Å². The topological polar surface area (TPSA) is 98.3 Å². The van der Waals surface area contributed by atoms with E-state index in [9.17, 15) is 0 Å². The lowest BCUT2D eigenvalue weighted by molar-refractivity contribution is 0.448. The molecule has 0 aliphatic heterocycles. The van der Waals surface area contributed by atoms with Gasteiger partial charge in [0.2, 0.25) is 17.7 Å². The van der Waals surface area contributed by atoms with Crippen LogP contribution in [0.3, 0.4) is 0 Å². The summed E-state index contributed by atoms with van der Waals surface area (Å²) in [5, 5.41) is 2.01. The Morgan fingerprint density at radius 2 is 0.962 bits per heavy atom. The van der Waals surface area contributed by atoms with Crippen LogP contribution in [0.15, 0.2) is 164 Å². The third kappa shape index (κ3) is 6.60. The van der Waals surface area contributed by atoms with Gasteiger partial charge in [0, 0.05) is 90.8 Å². The van der Waals surface area contributed by atoms with Crippen LogP contribution in [0.4, 0.5) is 0 Å². The maximum Gasteiger partial charge on any atom is 0.234 e. The Bertz CT molecular complexity index is 2550. The SMILES string of the molecule is Cn1cccc1-c1cnc(-n2c3cc(Oc4cccc(Oc5ccccn5)c4)ccc3c3ccc(Oc4cccc(Oc5ccccn5)c4)cc32)nc1. The Labute approximate surface area is 304 Å². The number of hydrogen-bond donors (Lipinski definition) is 0. The molecule has 4 aromatic carbocycles. The molecule has 9 rings (SSSR count). The highest BCUT2D eigenvalue weighted by molar-refractivity contribution is 6.09. The molecule has 0 saturated heterocycles. The van der Waals surface area contributed by atoms with Crippen LogP contribution in [0.25, 0.3) is 39.0 Å². The molecule has 5 heterocycles. The van der Waals surface area contributed by atoms with Crippen LogP contribution in [0.2, 0.25) is 0 Å². The third-order valence-corrected chi connectivity index (χ3v) is 8.59. The minimum Gasteiger partial charge on any atom is -0.457 e. The van der Waals surface area contributed by atoms with Crippen molar-refractivity contribution in [3.63, 3.8) is 0 Å². The fourth-order valence-corrected chi connectivity index (χ4v) is 6.18. The van der Waals surface area contributed by atoms with Gasteiger partial charge in [-0.05, 0) is 72.8 Å². The number of fused-ring (bicyclic) bond motifs is 3. The van der Waals surface area contributed by atoms with Gasteiger partial charge >= 0.3 is 0 Å². The largest absolute Gasteiger partial charge is 0.457 e. The summed E-state index contributed by atoms with van der Waals surface area (Å²) in [6, 6.07) is 42.0. The van der Waals surface area contributed by atoms with Crippen LogP contribution in [0, 0.1) is 0 Å². The Morgan fingerprint density at radius 1 is 0.453 bits per heavy atom. The molecule has 10 nitrogen and oxygen atoms in total. The Hall–Kier alpha value is -7.46. The minimum absolute atomic E-state index is 0.502. The standard InChI is InChI=1S/C43H30N6O4/c1-48-22-8-13-38(48)29-27-46-43(47-28-29)49-39-25-34(50-30-9-6-11-32(23-30)52-41-14-2-4-20-44-41)16-18-36(39)37-19-17-35(26-40(37)49)51-31-10-7-12-33(24-31)53-42-15-3-5-21-45-42/h2-28H,1H3. The minimum atomic E-state index is 0.502. The number of pyridine rings is 2. The molecule has 0 amide bonds. The molecule has 9 aromatic rings. The summed E-state index contributed by atoms with van der Waals surface area (Å²) < 4.78 is 28.7. The average molecular weight is 695 g/mol. The van der Waals surface area contributed by atoms with Crippen molar-refractivity contribution in [2.75, 3.05) is 0 Å². The Kier molecular flexibility index (Phi) is 8.14. The molecule has 0 saturated carbocycles. The number of hydrogen-bond acceptors (Lipinski definition) is 8. The lowest BCUT2D eigenvalue weighted by Gasteiger charge is -2.11. The average Bonchev–Trinajstić information content (AvgIpc) is 3.76. The zero-order valence-electron chi connectivity index (χ0n) is 28.4. The highest BCUT2D eigenvalue weighted by Gasteiger charge is 2.17. The summed E-state index contributed by atoms with van der Waals surface area (Å²) in [5.41, 5.74) is 3.67. The third-order valence-electron chi connectivity index (χ3n) is 8.59. The highest BCUT2D eigenvalue weighted by Crippen LogP contribution is 2.38. The predicted molar refractivity (Wildman–Crippen MR) is 202 cm³/mol. The van der Waals surface area contributed by atoms with Gasteiger partial charge in [-0.2, -0.15) is 0 Å². The number of benzene rings is 4. The quantitative estimate of drug-likeness (QED) is 0.139. The molecule has 0 unspecified atom stereocenters. The summed E-state index contributed by atoms with van der Waals surface area (Å²) in [6.07, 6.45) is 9.07. The molecule has 10 heteroatoms. The zero-order valence-corrected chi connectivity index (χ0v) is 28.4. The van der Waals surface area contributed by atoms with E-state index in [0.717, 1.165) is 33.1 Å². The van der Waals surface area contributed by atoms with Gasteiger partial charge in [-0.3, -0.25) is 4.57 Å². The van der Waals surface area contributed by atoms with E-state index in [1.807, 2.05) is 144 Å². The van der Waals surface area contributed by atoms with Crippen molar-refractivity contribution in [2.24, 2.45) is 7.05 Å². The van der Waals surface area contributed by atoms with E-state index < -0.39 is 0 Å². The summed E-state index contributed by atoms with van der Waals surface area (Å²) in [7, 11) is 2.00. The molecule has 0 spiro atoms. The van der Waals surface area contributed by atoms with Crippen molar-refractivity contribution < 1.29 is 18.9 Å². The first-order valence-corrected chi connectivity index (χ1v) is 16.9. The van der Waals surface area contributed by atoms with E-state index in [4.69, 9.17) is 28.9 Å². The molecular formula is C43H30N6O4. The smallest absolute Gasteiger partial charge is 0.234 e. The number of ether oxygens (including phenoxy) is 4. The molecule has 0 bridgehead atoms. The fourth-order valence-electron chi connectivity index (χ4n) is 6.18. The molecule has 0 radical (unpaired) electrons. The number of nitrogens with zero attached hydrogens (tertiary/aromatic N) is 6. The van der Waals surface area contributed by atoms with Crippen molar-refractivity contribution in [1.29, 1.82) is 0 Å². The lowest BCUT2D eigenvalue weighted by atomic mass is 10.1. The van der Waals surface area contributed by atoms with Gasteiger partial charge in [0.05, 0.1) is 16.7 Å². The van der Waals surface area contributed by atoms with Gasteiger partial charge in [-0.15, -0.1) is 0 Å². The summed E-state index contributed by atoms with van der Waals surface area (Å²) in [6.45, 7) is 0. The van der Waals surface area contributed by atoms with Crippen molar-refractivity contribution in [3.8, 4) is 63.5 Å². The summed E-state index contributed by atoms with van der Waals surface area (Å²) >= 11 is 0. The Balaban J connectivity index is 1.09. The van der Waals surface area contributed by atoms with Crippen LogP contribution < -0.4 is 18.9 Å². The number of rotatable bonds is 10. The number of aromatic nitrogens is 6. The van der Waals surface area contributed by atoms with E-state index in [-0.39, 0.29) is 0 Å². The normalized spacial score (nSPS) is 11.1. The molecule has 53 heavy (non-hydrogen) atoms. The molecule has 0 N–H and O–H groups in total. The first-order chi connectivity index (χ1) is 26.1. The lowest BCUT2D eigenvalue weighted by Crippen LogP contribution is -2.02. The molecule has 0 fully saturated rings. The second kappa shape index (κ2) is 13.7. The van der Waals surface area contributed by atoms with Crippen molar-refractivity contribution in [1.82, 2.24) is 29.1 Å². The molecule has 5 aromatic heterocycles. The van der Waals surface area contributed by atoms with Crippen LogP contribution >= 0.6 is 0 Å². The van der Waals surface area contributed by atoms with Crippen molar-refractivity contribution in [3.05, 3.63) is 164 Å². The van der Waals surface area contributed by atoms with Gasteiger partial charge in [-0.25, -0.2) is 19.9 Å². The number of aryl methyl sites for hydroxylation is 1. The van der Waals surface area contributed by atoms with Crippen LogP contribution in [0.1, 0.15) is 0 Å². The van der Waals surface area contributed by atoms with Gasteiger partial charge < -0.3 is 23.5 Å². The maximum absolute atomic E-state index is 6.39. The van der Waals surface area contributed by atoms with E-state index in [1.54, 1.807) is 24.5 Å². The van der Waals surface area contributed by atoms with Gasteiger partial charge in [0.15, 0.2) is 0 Å². The molecule has 256 valence electrons. The maximum atomic E-state index is 6.39. The fraction of sp³-hybridized carbons (Fsp3) is 0.0233.